The first kappa shape index (κ1) is 20.0. The Balaban J connectivity index is 1.57. The number of amides is 1. The highest BCUT2D eigenvalue weighted by Gasteiger charge is 2.22. The van der Waals surface area contributed by atoms with Gasteiger partial charge in [0.1, 0.15) is 11.6 Å². The molecule has 1 amide bonds. The van der Waals surface area contributed by atoms with E-state index in [1.807, 2.05) is 54.4 Å². The fourth-order valence-electron chi connectivity index (χ4n) is 3.47. The molecule has 0 bridgehead atoms. The van der Waals surface area contributed by atoms with Gasteiger partial charge in [0.15, 0.2) is 0 Å². The predicted molar refractivity (Wildman–Crippen MR) is 112 cm³/mol. The van der Waals surface area contributed by atoms with Crippen LogP contribution in [0, 0.1) is 5.92 Å². The smallest absolute Gasteiger partial charge is 0.246 e. The molecule has 0 radical (unpaired) electrons. The molecule has 28 heavy (non-hydrogen) atoms. The lowest BCUT2D eigenvalue weighted by Gasteiger charge is -2.32. The van der Waals surface area contributed by atoms with Gasteiger partial charge in [0.25, 0.3) is 0 Å². The summed E-state index contributed by atoms with van der Waals surface area (Å²) in [5, 5.41) is 3.24. The Kier molecular flexibility index (Phi) is 7.14. The molecule has 1 aliphatic heterocycles. The summed E-state index contributed by atoms with van der Waals surface area (Å²) in [5.74, 6) is 2.18. The third kappa shape index (κ3) is 6.16. The SMILES string of the molecule is CN(C)C/C=C/C(=O)N1CCC[C@@H](Cc2ccnc(Nc3ccccn3)c2)C1. The number of nitrogens with zero attached hydrogens (tertiary/aromatic N) is 4. The van der Waals surface area contributed by atoms with E-state index in [0.29, 0.717) is 5.92 Å². The molecule has 3 heterocycles. The molecular weight excluding hydrogens is 350 g/mol. The van der Waals surface area contributed by atoms with Gasteiger partial charge in [-0.05, 0) is 69.1 Å². The Bertz CT molecular complexity index is 791. The molecule has 6 heteroatoms. The van der Waals surface area contributed by atoms with E-state index in [-0.39, 0.29) is 5.91 Å². The zero-order valence-electron chi connectivity index (χ0n) is 16.7. The highest BCUT2D eigenvalue weighted by molar-refractivity contribution is 5.87. The standard InChI is InChI=1S/C22H29N5O/c1-26(2)13-6-9-22(28)27-14-5-7-19(17-27)15-18-10-12-24-21(16-18)25-20-8-3-4-11-23-20/h3-4,6,8-12,16,19H,5,7,13-15,17H2,1-2H3,(H,23,24,25)/b9-6+/t19-/m0/s1. The number of pyridine rings is 2. The maximum atomic E-state index is 12.4. The molecule has 1 fully saturated rings. The summed E-state index contributed by atoms with van der Waals surface area (Å²) >= 11 is 0. The van der Waals surface area contributed by atoms with Crippen LogP contribution in [0.2, 0.25) is 0 Å². The van der Waals surface area contributed by atoms with Gasteiger partial charge in [-0.15, -0.1) is 0 Å². The van der Waals surface area contributed by atoms with Crippen LogP contribution < -0.4 is 5.32 Å². The van der Waals surface area contributed by atoms with Crippen LogP contribution in [-0.2, 0) is 11.2 Å². The molecule has 1 saturated heterocycles. The molecule has 3 rings (SSSR count). The summed E-state index contributed by atoms with van der Waals surface area (Å²) in [7, 11) is 3.99. The maximum absolute atomic E-state index is 12.4. The van der Waals surface area contributed by atoms with Crippen LogP contribution in [0.25, 0.3) is 0 Å². The van der Waals surface area contributed by atoms with E-state index in [9.17, 15) is 4.79 Å². The van der Waals surface area contributed by atoms with Crippen LogP contribution in [0.3, 0.4) is 0 Å². The van der Waals surface area contributed by atoms with E-state index in [1.165, 1.54) is 5.56 Å². The summed E-state index contributed by atoms with van der Waals surface area (Å²) < 4.78 is 0. The molecule has 148 valence electrons. The van der Waals surface area contributed by atoms with Crippen molar-refractivity contribution in [3.05, 3.63) is 60.4 Å². The van der Waals surface area contributed by atoms with Gasteiger partial charge in [-0.1, -0.05) is 12.1 Å². The van der Waals surface area contributed by atoms with Gasteiger partial charge in [0.2, 0.25) is 5.91 Å². The number of hydrogen-bond donors (Lipinski definition) is 1. The second-order valence-electron chi connectivity index (χ2n) is 7.55. The molecule has 2 aromatic rings. The van der Waals surface area contributed by atoms with Gasteiger partial charge in [0.05, 0.1) is 0 Å². The molecule has 0 unspecified atom stereocenters. The average Bonchev–Trinajstić information content (AvgIpc) is 2.69. The number of carbonyl (C=O) groups is 1. The Labute approximate surface area is 167 Å². The number of likely N-dealkylation sites (N-methyl/N-ethyl adjacent to an activating group) is 1. The van der Waals surface area contributed by atoms with Crippen molar-refractivity contribution in [1.82, 2.24) is 19.8 Å². The van der Waals surface area contributed by atoms with Gasteiger partial charge < -0.3 is 15.1 Å². The summed E-state index contributed by atoms with van der Waals surface area (Å²) in [6.07, 6.45) is 10.4. The molecule has 1 atom stereocenters. The Morgan fingerprint density at radius 1 is 1.25 bits per heavy atom. The van der Waals surface area contributed by atoms with E-state index < -0.39 is 0 Å². The van der Waals surface area contributed by atoms with Crippen molar-refractivity contribution in [1.29, 1.82) is 0 Å². The van der Waals surface area contributed by atoms with E-state index in [1.54, 1.807) is 12.3 Å². The first-order valence-electron chi connectivity index (χ1n) is 9.83. The lowest BCUT2D eigenvalue weighted by Crippen LogP contribution is -2.39. The Morgan fingerprint density at radius 2 is 2.11 bits per heavy atom. The molecule has 0 saturated carbocycles. The van der Waals surface area contributed by atoms with Crippen molar-refractivity contribution in [3.8, 4) is 0 Å². The second kappa shape index (κ2) is 9.99. The van der Waals surface area contributed by atoms with Crippen molar-refractivity contribution < 1.29 is 4.79 Å². The molecule has 1 N–H and O–H groups in total. The van der Waals surface area contributed by atoms with Gasteiger partial charge in [0, 0.05) is 38.1 Å². The predicted octanol–water partition coefficient (Wildman–Crippen LogP) is 3.12. The van der Waals surface area contributed by atoms with Crippen LogP contribution in [0.5, 0.6) is 0 Å². The van der Waals surface area contributed by atoms with Gasteiger partial charge in [-0.3, -0.25) is 4.79 Å². The molecule has 6 nitrogen and oxygen atoms in total. The van der Waals surface area contributed by atoms with Crippen molar-refractivity contribution in [3.63, 3.8) is 0 Å². The van der Waals surface area contributed by atoms with E-state index in [4.69, 9.17) is 0 Å². The fraction of sp³-hybridized carbons (Fsp3) is 0.409. The van der Waals surface area contributed by atoms with E-state index >= 15 is 0 Å². The van der Waals surface area contributed by atoms with Crippen LogP contribution in [-0.4, -0.2) is 59.4 Å². The summed E-state index contributed by atoms with van der Waals surface area (Å²) in [6.45, 7) is 2.45. The van der Waals surface area contributed by atoms with E-state index in [0.717, 1.165) is 50.5 Å². The van der Waals surface area contributed by atoms with Crippen LogP contribution in [0.4, 0.5) is 11.6 Å². The quantitative estimate of drug-likeness (QED) is 0.749. The monoisotopic (exact) mass is 379 g/mol. The average molecular weight is 380 g/mol. The largest absolute Gasteiger partial charge is 0.339 e. The zero-order valence-corrected chi connectivity index (χ0v) is 16.7. The van der Waals surface area contributed by atoms with Gasteiger partial charge in [-0.25, -0.2) is 9.97 Å². The lowest BCUT2D eigenvalue weighted by molar-refractivity contribution is -0.127. The molecule has 0 aliphatic carbocycles. The molecular formula is C22H29N5O. The van der Waals surface area contributed by atoms with Crippen molar-refractivity contribution in [2.75, 3.05) is 39.0 Å². The number of rotatable bonds is 7. The minimum atomic E-state index is 0.124. The second-order valence-corrected chi connectivity index (χ2v) is 7.55. The van der Waals surface area contributed by atoms with Crippen LogP contribution in [0.1, 0.15) is 18.4 Å². The number of likely N-dealkylation sites (tertiary alicyclic amines) is 1. The highest BCUT2D eigenvalue weighted by atomic mass is 16.2. The van der Waals surface area contributed by atoms with Crippen molar-refractivity contribution in [2.45, 2.75) is 19.3 Å². The number of carbonyl (C=O) groups excluding carboxylic acids is 1. The minimum absolute atomic E-state index is 0.124. The molecule has 1 aliphatic rings. The summed E-state index contributed by atoms with van der Waals surface area (Å²) in [6, 6.07) is 9.89. The number of hydrogen-bond acceptors (Lipinski definition) is 5. The lowest BCUT2D eigenvalue weighted by atomic mass is 9.91. The summed E-state index contributed by atoms with van der Waals surface area (Å²) in [4.78, 5) is 25.1. The highest BCUT2D eigenvalue weighted by Crippen LogP contribution is 2.22. The van der Waals surface area contributed by atoms with Crippen LogP contribution >= 0.6 is 0 Å². The first-order chi connectivity index (χ1) is 13.6. The fourth-order valence-corrected chi connectivity index (χ4v) is 3.47. The molecule has 2 aromatic heterocycles. The number of piperidine rings is 1. The zero-order chi connectivity index (χ0) is 19.8. The number of nitrogens with one attached hydrogen (secondary N) is 1. The number of anilines is 2. The van der Waals surface area contributed by atoms with Gasteiger partial charge in [-0.2, -0.15) is 0 Å². The van der Waals surface area contributed by atoms with Crippen LogP contribution in [0.15, 0.2) is 54.9 Å². The Morgan fingerprint density at radius 3 is 2.89 bits per heavy atom. The number of aromatic nitrogens is 2. The topological polar surface area (TPSA) is 61.4 Å². The third-order valence-electron chi connectivity index (χ3n) is 4.83. The minimum Gasteiger partial charge on any atom is -0.339 e. The normalized spacial score (nSPS) is 17.2. The molecule has 0 aromatic carbocycles. The van der Waals surface area contributed by atoms with E-state index in [2.05, 4.69) is 27.4 Å². The van der Waals surface area contributed by atoms with Crippen molar-refractivity contribution >= 4 is 17.5 Å². The third-order valence-corrected chi connectivity index (χ3v) is 4.83. The first-order valence-corrected chi connectivity index (χ1v) is 9.83. The maximum Gasteiger partial charge on any atom is 0.246 e. The molecule has 0 spiro atoms. The summed E-state index contributed by atoms with van der Waals surface area (Å²) in [5.41, 5.74) is 1.23. The van der Waals surface area contributed by atoms with Crippen molar-refractivity contribution in [2.24, 2.45) is 5.92 Å². The Hall–Kier alpha value is -2.73. The van der Waals surface area contributed by atoms with Gasteiger partial charge >= 0.3 is 0 Å².